The van der Waals surface area contributed by atoms with Crippen LogP contribution in [0.2, 0.25) is 0 Å². The molecular formula is C16H13BrN4O3. The average molecular weight is 389 g/mol. The number of nitrogens with one attached hydrogen (secondary N) is 2. The Morgan fingerprint density at radius 2 is 1.96 bits per heavy atom. The molecule has 7 nitrogen and oxygen atoms in total. The summed E-state index contributed by atoms with van der Waals surface area (Å²) >= 11 is 3.33. The van der Waals surface area contributed by atoms with E-state index < -0.39 is 17.9 Å². The van der Waals surface area contributed by atoms with Gasteiger partial charge in [-0.25, -0.2) is 9.97 Å². The normalized spacial score (nSPS) is 12.0. The molecule has 0 spiro atoms. The van der Waals surface area contributed by atoms with Crippen LogP contribution < -0.4 is 5.32 Å². The van der Waals surface area contributed by atoms with Crippen molar-refractivity contribution >= 4 is 38.8 Å². The Morgan fingerprint density at radius 1 is 1.21 bits per heavy atom. The van der Waals surface area contributed by atoms with Gasteiger partial charge in [-0.3, -0.25) is 9.59 Å². The molecule has 8 heteroatoms. The minimum absolute atomic E-state index is 0.203. The van der Waals surface area contributed by atoms with E-state index in [0.717, 1.165) is 4.47 Å². The van der Waals surface area contributed by atoms with E-state index in [4.69, 9.17) is 5.11 Å². The van der Waals surface area contributed by atoms with Crippen LogP contribution >= 0.6 is 15.9 Å². The van der Waals surface area contributed by atoms with Gasteiger partial charge in [-0.15, -0.1) is 0 Å². The fourth-order valence-electron chi connectivity index (χ4n) is 2.40. The molecule has 3 aromatic rings. The largest absolute Gasteiger partial charge is 0.481 e. The average Bonchev–Trinajstić information content (AvgIpc) is 3.03. The van der Waals surface area contributed by atoms with Gasteiger partial charge in [0.15, 0.2) is 0 Å². The molecule has 0 radical (unpaired) electrons. The molecule has 0 saturated carbocycles. The molecule has 0 bridgehead atoms. The third-order valence-electron chi connectivity index (χ3n) is 3.53. The second-order valence-electron chi connectivity index (χ2n) is 5.14. The minimum Gasteiger partial charge on any atom is -0.481 e. The Balaban J connectivity index is 1.89. The zero-order valence-corrected chi connectivity index (χ0v) is 13.9. The van der Waals surface area contributed by atoms with Crippen LogP contribution in [0.5, 0.6) is 0 Å². The van der Waals surface area contributed by atoms with Crippen molar-refractivity contribution in [1.29, 1.82) is 0 Å². The number of carbonyl (C=O) groups excluding carboxylic acids is 1. The SMILES string of the molecule is O=C(O)C[C@H](NC(=O)c1ncnc2[nH]ccc12)c1ccc(Br)cc1. The van der Waals surface area contributed by atoms with Crippen molar-refractivity contribution in [2.75, 3.05) is 0 Å². The van der Waals surface area contributed by atoms with Gasteiger partial charge in [0.05, 0.1) is 17.8 Å². The summed E-state index contributed by atoms with van der Waals surface area (Å²) in [4.78, 5) is 34.7. The van der Waals surface area contributed by atoms with E-state index in [1.165, 1.54) is 6.33 Å². The predicted molar refractivity (Wildman–Crippen MR) is 90.5 cm³/mol. The zero-order valence-electron chi connectivity index (χ0n) is 12.4. The van der Waals surface area contributed by atoms with Gasteiger partial charge in [0, 0.05) is 10.7 Å². The number of benzene rings is 1. The third-order valence-corrected chi connectivity index (χ3v) is 4.05. The number of amides is 1. The summed E-state index contributed by atoms with van der Waals surface area (Å²) in [5.41, 5.74) is 1.45. The van der Waals surface area contributed by atoms with Crippen LogP contribution in [-0.2, 0) is 4.79 Å². The van der Waals surface area contributed by atoms with Crippen molar-refractivity contribution in [1.82, 2.24) is 20.3 Å². The van der Waals surface area contributed by atoms with Gasteiger partial charge >= 0.3 is 5.97 Å². The van der Waals surface area contributed by atoms with Crippen LogP contribution in [0.1, 0.15) is 28.5 Å². The number of aliphatic carboxylic acids is 1. The third kappa shape index (κ3) is 3.43. The Kier molecular flexibility index (Phi) is 4.57. The number of carbonyl (C=O) groups is 2. The second-order valence-corrected chi connectivity index (χ2v) is 6.05. The number of halogens is 1. The maximum absolute atomic E-state index is 12.6. The molecule has 0 unspecified atom stereocenters. The fourth-order valence-corrected chi connectivity index (χ4v) is 2.67. The van der Waals surface area contributed by atoms with E-state index in [1.54, 1.807) is 36.5 Å². The second kappa shape index (κ2) is 6.79. The summed E-state index contributed by atoms with van der Waals surface area (Å²) in [5, 5.41) is 12.5. The molecule has 3 rings (SSSR count). The van der Waals surface area contributed by atoms with E-state index >= 15 is 0 Å². The Hall–Kier alpha value is -2.74. The highest BCUT2D eigenvalue weighted by Gasteiger charge is 2.21. The molecule has 122 valence electrons. The lowest BCUT2D eigenvalue weighted by molar-refractivity contribution is -0.137. The number of hydrogen-bond acceptors (Lipinski definition) is 4. The first-order chi connectivity index (χ1) is 11.5. The van der Waals surface area contributed by atoms with Crippen molar-refractivity contribution in [3.05, 3.63) is 58.6 Å². The number of carboxylic acids is 1. The monoisotopic (exact) mass is 388 g/mol. The van der Waals surface area contributed by atoms with E-state index in [-0.39, 0.29) is 12.1 Å². The van der Waals surface area contributed by atoms with Crippen molar-refractivity contribution in [3.63, 3.8) is 0 Å². The van der Waals surface area contributed by atoms with Crippen molar-refractivity contribution in [2.24, 2.45) is 0 Å². The maximum atomic E-state index is 12.6. The molecule has 1 aromatic carbocycles. The van der Waals surface area contributed by atoms with Gasteiger partial charge in [-0.05, 0) is 23.8 Å². The minimum atomic E-state index is -1.00. The van der Waals surface area contributed by atoms with E-state index in [0.29, 0.717) is 16.6 Å². The number of hydrogen-bond donors (Lipinski definition) is 3. The van der Waals surface area contributed by atoms with Crippen LogP contribution in [0.3, 0.4) is 0 Å². The first kappa shape index (κ1) is 16.1. The van der Waals surface area contributed by atoms with Crippen LogP contribution in [0.15, 0.2) is 47.3 Å². The van der Waals surface area contributed by atoms with E-state index in [9.17, 15) is 9.59 Å². The molecule has 1 amide bonds. The van der Waals surface area contributed by atoms with Gasteiger partial charge in [-0.1, -0.05) is 28.1 Å². The summed E-state index contributed by atoms with van der Waals surface area (Å²) in [6.45, 7) is 0. The van der Waals surface area contributed by atoms with Gasteiger partial charge in [0.1, 0.15) is 17.7 Å². The van der Waals surface area contributed by atoms with Crippen LogP contribution in [0, 0.1) is 0 Å². The fraction of sp³-hybridized carbons (Fsp3) is 0.125. The van der Waals surface area contributed by atoms with Crippen LogP contribution in [0.25, 0.3) is 11.0 Å². The highest BCUT2D eigenvalue weighted by atomic mass is 79.9. The predicted octanol–water partition coefficient (Wildman–Crippen LogP) is 2.67. The Labute approximate surface area is 145 Å². The summed E-state index contributed by atoms with van der Waals surface area (Å²) in [6.07, 6.45) is 2.73. The molecule has 0 aliphatic heterocycles. The van der Waals surface area contributed by atoms with E-state index in [2.05, 4.69) is 36.2 Å². The summed E-state index contributed by atoms with van der Waals surface area (Å²) in [7, 11) is 0. The zero-order chi connectivity index (χ0) is 17.1. The number of H-pyrrole nitrogens is 1. The van der Waals surface area contributed by atoms with Gasteiger partial charge in [-0.2, -0.15) is 0 Å². The Morgan fingerprint density at radius 3 is 2.67 bits per heavy atom. The van der Waals surface area contributed by atoms with Crippen molar-refractivity contribution < 1.29 is 14.7 Å². The van der Waals surface area contributed by atoms with Gasteiger partial charge in [0.25, 0.3) is 5.91 Å². The molecule has 24 heavy (non-hydrogen) atoms. The highest BCUT2D eigenvalue weighted by molar-refractivity contribution is 9.10. The van der Waals surface area contributed by atoms with Gasteiger partial charge < -0.3 is 15.4 Å². The standard InChI is InChI=1S/C16H13BrN4O3/c17-10-3-1-9(2-4-10)12(7-13(22)23)21-16(24)14-11-5-6-18-15(11)20-8-19-14/h1-6,8,12H,7H2,(H,21,24)(H,22,23)(H,18,19,20)/t12-/m0/s1. The summed E-state index contributed by atoms with van der Waals surface area (Å²) in [6, 6.07) is 8.17. The number of aromatic amines is 1. The summed E-state index contributed by atoms with van der Waals surface area (Å²) < 4.78 is 0.872. The molecule has 2 aromatic heterocycles. The van der Waals surface area contributed by atoms with Crippen LogP contribution in [0.4, 0.5) is 0 Å². The lowest BCUT2D eigenvalue weighted by Crippen LogP contribution is -2.31. The highest BCUT2D eigenvalue weighted by Crippen LogP contribution is 2.21. The smallest absolute Gasteiger partial charge is 0.305 e. The van der Waals surface area contributed by atoms with Crippen molar-refractivity contribution in [2.45, 2.75) is 12.5 Å². The first-order valence-electron chi connectivity index (χ1n) is 7.11. The van der Waals surface area contributed by atoms with Crippen molar-refractivity contribution in [3.8, 4) is 0 Å². The molecule has 3 N–H and O–H groups in total. The number of fused-ring (bicyclic) bond motifs is 1. The molecule has 0 aliphatic rings. The number of aromatic nitrogens is 3. The molecule has 2 heterocycles. The lowest BCUT2D eigenvalue weighted by Gasteiger charge is -2.17. The van der Waals surface area contributed by atoms with Crippen LogP contribution in [-0.4, -0.2) is 31.9 Å². The number of nitrogens with zero attached hydrogens (tertiary/aromatic N) is 2. The van der Waals surface area contributed by atoms with Gasteiger partial charge in [0.2, 0.25) is 0 Å². The molecule has 0 saturated heterocycles. The molecule has 1 atom stereocenters. The molecule has 0 aliphatic carbocycles. The number of rotatable bonds is 5. The quantitative estimate of drug-likeness (QED) is 0.622. The van der Waals surface area contributed by atoms with E-state index in [1.807, 2.05) is 0 Å². The lowest BCUT2D eigenvalue weighted by atomic mass is 10.0. The Bertz CT molecular complexity index is 892. The molecule has 0 fully saturated rings. The first-order valence-corrected chi connectivity index (χ1v) is 7.90. The maximum Gasteiger partial charge on any atom is 0.305 e. The topological polar surface area (TPSA) is 108 Å². The number of carboxylic acid groups (broad SMARTS) is 1. The summed E-state index contributed by atoms with van der Waals surface area (Å²) in [5.74, 6) is -1.45. The molecular weight excluding hydrogens is 376 g/mol.